The summed E-state index contributed by atoms with van der Waals surface area (Å²) < 4.78 is 11.3. The van der Waals surface area contributed by atoms with Crippen molar-refractivity contribution in [1.29, 1.82) is 0 Å². The second-order valence-corrected chi connectivity index (χ2v) is 6.92. The van der Waals surface area contributed by atoms with Gasteiger partial charge in [0, 0.05) is 25.8 Å². The molecule has 6 heteroatoms. The van der Waals surface area contributed by atoms with Gasteiger partial charge in [-0.1, -0.05) is 12.1 Å². The van der Waals surface area contributed by atoms with E-state index in [9.17, 15) is 4.79 Å². The summed E-state index contributed by atoms with van der Waals surface area (Å²) in [5.74, 6) is 0.775. The van der Waals surface area contributed by atoms with Crippen LogP contribution in [0.4, 0.5) is 5.69 Å². The molecule has 2 aliphatic heterocycles. The Morgan fingerprint density at radius 1 is 1.35 bits per heavy atom. The van der Waals surface area contributed by atoms with E-state index in [1.165, 1.54) is 5.56 Å². The average molecular weight is 353 g/mol. The molecular formula is C20H23N3O3. The van der Waals surface area contributed by atoms with E-state index >= 15 is 0 Å². The summed E-state index contributed by atoms with van der Waals surface area (Å²) in [6.45, 7) is 2.45. The Bertz CT molecular complexity index is 768. The van der Waals surface area contributed by atoms with E-state index in [-0.39, 0.29) is 24.0 Å². The van der Waals surface area contributed by atoms with Crippen molar-refractivity contribution in [3.05, 3.63) is 54.4 Å². The van der Waals surface area contributed by atoms with Gasteiger partial charge in [-0.15, -0.1) is 0 Å². The van der Waals surface area contributed by atoms with Gasteiger partial charge in [-0.2, -0.15) is 0 Å². The molecule has 2 fully saturated rings. The summed E-state index contributed by atoms with van der Waals surface area (Å²) in [5.41, 5.74) is 1.94. The highest BCUT2D eigenvalue weighted by molar-refractivity contribution is 5.93. The molecule has 2 aromatic rings. The number of hydrogen-bond acceptors (Lipinski definition) is 5. The molecule has 0 saturated carbocycles. The van der Waals surface area contributed by atoms with Crippen molar-refractivity contribution in [3.63, 3.8) is 0 Å². The molecule has 136 valence electrons. The molecule has 1 N–H and O–H groups in total. The fraction of sp³-hybridized carbons (Fsp3) is 0.400. The van der Waals surface area contributed by atoms with Gasteiger partial charge in [-0.05, 0) is 36.2 Å². The number of nitrogens with zero attached hydrogens (tertiary/aromatic N) is 2. The molecule has 1 amide bonds. The summed E-state index contributed by atoms with van der Waals surface area (Å²) >= 11 is 0. The normalized spacial score (nSPS) is 25.0. The van der Waals surface area contributed by atoms with Gasteiger partial charge in [0.2, 0.25) is 5.91 Å². The van der Waals surface area contributed by atoms with Crippen molar-refractivity contribution in [2.75, 3.05) is 25.5 Å². The highest BCUT2D eigenvalue weighted by atomic mass is 16.5. The number of aromatic nitrogens is 1. The van der Waals surface area contributed by atoms with Crippen LogP contribution in [0.3, 0.4) is 0 Å². The number of amides is 1. The lowest BCUT2D eigenvalue weighted by molar-refractivity contribution is -0.123. The quantitative estimate of drug-likeness (QED) is 0.894. The van der Waals surface area contributed by atoms with Gasteiger partial charge in [0.25, 0.3) is 0 Å². The maximum absolute atomic E-state index is 12.7. The van der Waals surface area contributed by atoms with Crippen molar-refractivity contribution >= 4 is 11.6 Å². The van der Waals surface area contributed by atoms with Crippen LogP contribution < -0.4 is 10.1 Å². The lowest BCUT2D eigenvalue weighted by Gasteiger charge is -2.32. The number of methoxy groups -OCH3 is 1. The Labute approximate surface area is 153 Å². The van der Waals surface area contributed by atoms with Gasteiger partial charge in [-0.3, -0.25) is 14.7 Å². The highest BCUT2D eigenvalue weighted by Gasteiger charge is 2.44. The minimum absolute atomic E-state index is 0.0220. The molecule has 0 radical (unpaired) electrons. The van der Waals surface area contributed by atoms with Crippen LogP contribution in [0, 0.1) is 5.92 Å². The SMILES string of the molecule is COc1cccc(CN2C[C@H]3C[C@H](C(=O)Nc4cccnc4)[C@@H](C2)O3)c1. The Hall–Kier alpha value is -2.44. The monoisotopic (exact) mass is 353 g/mol. The van der Waals surface area contributed by atoms with Crippen molar-refractivity contribution < 1.29 is 14.3 Å². The van der Waals surface area contributed by atoms with E-state index in [1.807, 2.05) is 24.3 Å². The van der Waals surface area contributed by atoms with Crippen LogP contribution >= 0.6 is 0 Å². The summed E-state index contributed by atoms with van der Waals surface area (Å²) in [6, 6.07) is 11.8. The van der Waals surface area contributed by atoms with E-state index in [1.54, 1.807) is 19.5 Å². The van der Waals surface area contributed by atoms with Gasteiger partial charge in [0.05, 0.1) is 37.1 Å². The maximum atomic E-state index is 12.7. The number of rotatable bonds is 5. The number of likely N-dealkylation sites (tertiary alicyclic amines) is 1. The standard InChI is InChI=1S/C20H23N3O3/c1-25-16-6-2-4-14(8-16)11-23-12-17-9-18(19(13-23)26-17)20(24)22-15-5-3-7-21-10-15/h2-8,10,17-19H,9,11-13H2,1H3,(H,22,24)/t17-,18+,19-/m1/s1. The van der Waals surface area contributed by atoms with Crippen LogP contribution in [0.5, 0.6) is 5.75 Å². The molecule has 2 aliphatic rings. The first-order valence-electron chi connectivity index (χ1n) is 8.93. The van der Waals surface area contributed by atoms with Crippen molar-refractivity contribution in [2.24, 2.45) is 5.92 Å². The highest BCUT2D eigenvalue weighted by Crippen LogP contribution is 2.33. The second-order valence-electron chi connectivity index (χ2n) is 6.92. The molecular weight excluding hydrogens is 330 g/mol. The molecule has 2 saturated heterocycles. The molecule has 1 aromatic heterocycles. The summed E-state index contributed by atoms with van der Waals surface area (Å²) in [5, 5.41) is 2.96. The number of carbonyl (C=O) groups excluding carboxylic acids is 1. The number of morpholine rings is 1. The number of fused-ring (bicyclic) bond motifs is 2. The molecule has 4 rings (SSSR count). The van der Waals surface area contributed by atoms with E-state index < -0.39 is 0 Å². The molecule has 2 bridgehead atoms. The third-order valence-electron chi connectivity index (χ3n) is 5.04. The zero-order valence-corrected chi connectivity index (χ0v) is 14.8. The topological polar surface area (TPSA) is 63.7 Å². The molecule has 1 aromatic carbocycles. The van der Waals surface area contributed by atoms with Gasteiger partial charge in [0.15, 0.2) is 0 Å². The van der Waals surface area contributed by atoms with Crippen LogP contribution in [-0.4, -0.2) is 48.2 Å². The van der Waals surface area contributed by atoms with Crippen molar-refractivity contribution in [2.45, 2.75) is 25.2 Å². The van der Waals surface area contributed by atoms with Gasteiger partial charge >= 0.3 is 0 Å². The van der Waals surface area contributed by atoms with Gasteiger partial charge in [0.1, 0.15) is 5.75 Å². The number of benzene rings is 1. The first kappa shape index (κ1) is 17.0. The van der Waals surface area contributed by atoms with E-state index in [2.05, 4.69) is 27.3 Å². The predicted molar refractivity (Wildman–Crippen MR) is 97.9 cm³/mol. The van der Waals surface area contributed by atoms with E-state index in [0.717, 1.165) is 37.5 Å². The zero-order valence-electron chi connectivity index (χ0n) is 14.8. The maximum Gasteiger partial charge on any atom is 0.230 e. The third-order valence-corrected chi connectivity index (χ3v) is 5.04. The fourth-order valence-electron chi connectivity index (χ4n) is 3.84. The Kier molecular flexibility index (Phi) is 4.86. The van der Waals surface area contributed by atoms with Gasteiger partial charge in [-0.25, -0.2) is 0 Å². The van der Waals surface area contributed by atoms with Crippen LogP contribution in [0.25, 0.3) is 0 Å². The van der Waals surface area contributed by atoms with Gasteiger partial charge < -0.3 is 14.8 Å². The van der Waals surface area contributed by atoms with Crippen LogP contribution in [-0.2, 0) is 16.1 Å². The first-order chi connectivity index (χ1) is 12.7. The number of carbonyl (C=O) groups is 1. The largest absolute Gasteiger partial charge is 0.497 e. The van der Waals surface area contributed by atoms with Crippen molar-refractivity contribution in [1.82, 2.24) is 9.88 Å². The molecule has 26 heavy (non-hydrogen) atoms. The molecule has 3 heterocycles. The summed E-state index contributed by atoms with van der Waals surface area (Å²) in [7, 11) is 1.68. The minimum atomic E-state index is -0.115. The van der Waals surface area contributed by atoms with E-state index in [0.29, 0.717) is 0 Å². The predicted octanol–water partition coefficient (Wildman–Crippen LogP) is 2.32. The van der Waals surface area contributed by atoms with Crippen LogP contribution in [0.1, 0.15) is 12.0 Å². The number of nitrogens with one attached hydrogen (secondary N) is 1. The third kappa shape index (κ3) is 3.71. The lowest BCUT2D eigenvalue weighted by Crippen LogP contribution is -2.44. The Morgan fingerprint density at radius 3 is 3.08 bits per heavy atom. The zero-order chi connectivity index (χ0) is 17.9. The molecule has 0 spiro atoms. The van der Waals surface area contributed by atoms with Crippen molar-refractivity contribution in [3.8, 4) is 5.75 Å². The molecule has 0 aliphatic carbocycles. The Morgan fingerprint density at radius 2 is 2.27 bits per heavy atom. The summed E-state index contributed by atoms with van der Waals surface area (Å²) in [4.78, 5) is 19.1. The fourth-order valence-corrected chi connectivity index (χ4v) is 3.84. The second kappa shape index (κ2) is 7.43. The lowest BCUT2D eigenvalue weighted by atomic mass is 9.99. The number of anilines is 1. The first-order valence-corrected chi connectivity index (χ1v) is 8.93. The minimum Gasteiger partial charge on any atom is -0.497 e. The van der Waals surface area contributed by atoms with E-state index in [4.69, 9.17) is 9.47 Å². The number of ether oxygens (including phenoxy) is 2. The molecule has 3 atom stereocenters. The number of hydrogen-bond donors (Lipinski definition) is 1. The molecule has 0 unspecified atom stereocenters. The van der Waals surface area contributed by atoms with Crippen LogP contribution in [0.15, 0.2) is 48.8 Å². The summed E-state index contributed by atoms with van der Waals surface area (Å²) in [6.07, 6.45) is 4.18. The molecule has 6 nitrogen and oxygen atoms in total. The number of pyridine rings is 1. The van der Waals surface area contributed by atoms with Crippen LogP contribution in [0.2, 0.25) is 0 Å². The Balaban J connectivity index is 1.39. The smallest absolute Gasteiger partial charge is 0.230 e. The average Bonchev–Trinajstić information content (AvgIpc) is 2.97.